The first kappa shape index (κ1) is 24.0. The summed E-state index contributed by atoms with van der Waals surface area (Å²) < 4.78 is 27.3. The first-order chi connectivity index (χ1) is 13.1. The third-order valence-electron chi connectivity index (χ3n) is 4.21. The zero-order valence-corrected chi connectivity index (χ0v) is 17.1. The lowest BCUT2D eigenvalue weighted by atomic mass is 9.92. The molecule has 28 heavy (non-hydrogen) atoms. The van der Waals surface area contributed by atoms with E-state index in [1.807, 2.05) is 0 Å². The highest BCUT2D eigenvalue weighted by molar-refractivity contribution is 5.75. The van der Waals surface area contributed by atoms with Crippen molar-refractivity contribution in [2.24, 2.45) is 5.92 Å². The maximum atomic E-state index is 11.6. The fourth-order valence-electron chi connectivity index (χ4n) is 2.94. The molecule has 3 unspecified atom stereocenters. The second-order valence-corrected chi connectivity index (χ2v) is 6.88. The molecule has 0 amide bonds. The van der Waals surface area contributed by atoms with Crippen molar-refractivity contribution in [3.8, 4) is 0 Å². The van der Waals surface area contributed by atoms with Crippen LogP contribution >= 0.6 is 0 Å². The SMILES string of the molecule is CC(=O)CCCCO[C@@H]1OC(COC(C)=O)[C@H](OC(C)=O)C(OC(C)=O)C1C. The van der Waals surface area contributed by atoms with E-state index in [4.69, 9.17) is 23.7 Å². The minimum Gasteiger partial charge on any atom is -0.463 e. The number of unbranched alkanes of at least 4 members (excludes halogenated alkanes) is 1. The Labute approximate surface area is 165 Å². The van der Waals surface area contributed by atoms with E-state index in [0.29, 0.717) is 25.9 Å². The summed E-state index contributed by atoms with van der Waals surface area (Å²) in [7, 11) is 0. The molecular weight excluding hydrogens is 372 g/mol. The van der Waals surface area contributed by atoms with Crippen molar-refractivity contribution in [1.29, 1.82) is 0 Å². The van der Waals surface area contributed by atoms with Gasteiger partial charge in [-0.25, -0.2) is 0 Å². The van der Waals surface area contributed by atoms with Crippen molar-refractivity contribution in [2.45, 2.75) is 78.5 Å². The molecule has 1 fully saturated rings. The first-order valence-corrected chi connectivity index (χ1v) is 9.36. The number of hydrogen-bond acceptors (Lipinski definition) is 9. The largest absolute Gasteiger partial charge is 0.463 e. The molecule has 1 aliphatic rings. The van der Waals surface area contributed by atoms with Crippen LogP contribution in [0.2, 0.25) is 0 Å². The molecule has 0 aromatic rings. The van der Waals surface area contributed by atoms with Gasteiger partial charge in [0.2, 0.25) is 0 Å². The molecule has 0 bridgehead atoms. The maximum absolute atomic E-state index is 11.6. The molecule has 1 aliphatic heterocycles. The molecule has 0 spiro atoms. The van der Waals surface area contributed by atoms with Gasteiger partial charge >= 0.3 is 17.9 Å². The van der Waals surface area contributed by atoms with Gasteiger partial charge in [0.25, 0.3) is 0 Å². The number of esters is 3. The van der Waals surface area contributed by atoms with E-state index >= 15 is 0 Å². The van der Waals surface area contributed by atoms with Crippen LogP contribution in [0.25, 0.3) is 0 Å². The van der Waals surface area contributed by atoms with E-state index in [1.165, 1.54) is 27.7 Å². The molecule has 1 saturated heterocycles. The van der Waals surface area contributed by atoms with Gasteiger partial charge in [-0.1, -0.05) is 6.92 Å². The highest BCUT2D eigenvalue weighted by Crippen LogP contribution is 2.31. The second kappa shape index (κ2) is 11.8. The van der Waals surface area contributed by atoms with Gasteiger partial charge in [-0.2, -0.15) is 0 Å². The second-order valence-electron chi connectivity index (χ2n) is 6.88. The van der Waals surface area contributed by atoms with Gasteiger partial charge in [-0.15, -0.1) is 0 Å². The van der Waals surface area contributed by atoms with Crippen LogP contribution < -0.4 is 0 Å². The minimum absolute atomic E-state index is 0.114. The third-order valence-corrected chi connectivity index (χ3v) is 4.21. The molecule has 9 heteroatoms. The van der Waals surface area contributed by atoms with Crippen molar-refractivity contribution >= 4 is 23.7 Å². The molecule has 0 aliphatic carbocycles. The molecule has 5 atom stereocenters. The van der Waals surface area contributed by atoms with Crippen LogP contribution in [0.1, 0.15) is 53.9 Å². The smallest absolute Gasteiger partial charge is 0.303 e. The predicted octanol–water partition coefficient (Wildman–Crippen LogP) is 1.55. The molecule has 1 rings (SSSR count). The Bertz CT molecular complexity index is 560. The molecule has 160 valence electrons. The van der Waals surface area contributed by atoms with E-state index < -0.39 is 48.4 Å². The number of ketones is 1. The molecule has 0 aromatic carbocycles. The van der Waals surface area contributed by atoms with Gasteiger partial charge in [0.1, 0.15) is 24.6 Å². The molecular formula is C19H30O9. The van der Waals surface area contributed by atoms with Crippen molar-refractivity contribution in [1.82, 2.24) is 0 Å². The van der Waals surface area contributed by atoms with E-state index in [0.717, 1.165) is 0 Å². The summed E-state index contributed by atoms with van der Waals surface area (Å²) in [5, 5.41) is 0. The number of rotatable bonds is 10. The Hall–Kier alpha value is -2.00. The number of Topliss-reactive ketones (excluding diaryl/α,β-unsaturated/α-hetero) is 1. The number of carbonyl (C=O) groups is 4. The van der Waals surface area contributed by atoms with Crippen LogP contribution in [0.3, 0.4) is 0 Å². The monoisotopic (exact) mass is 402 g/mol. The van der Waals surface area contributed by atoms with Crippen molar-refractivity contribution in [3.63, 3.8) is 0 Å². The lowest BCUT2D eigenvalue weighted by Crippen LogP contribution is -2.58. The van der Waals surface area contributed by atoms with E-state index in [2.05, 4.69) is 0 Å². The summed E-state index contributed by atoms with van der Waals surface area (Å²) >= 11 is 0. The summed E-state index contributed by atoms with van der Waals surface area (Å²) in [6.07, 6.45) is -1.54. The van der Waals surface area contributed by atoms with Crippen LogP contribution in [0, 0.1) is 5.92 Å². The number of carbonyl (C=O) groups excluding carboxylic acids is 4. The molecule has 9 nitrogen and oxygen atoms in total. The third kappa shape index (κ3) is 8.35. The van der Waals surface area contributed by atoms with E-state index in [1.54, 1.807) is 6.92 Å². The van der Waals surface area contributed by atoms with Crippen LogP contribution in [0.4, 0.5) is 0 Å². The minimum atomic E-state index is -0.937. The van der Waals surface area contributed by atoms with Crippen LogP contribution in [0.5, 0.6) is 0 Å². The molecule has 0 saturated carbocycles. The van der Waals surface area contributed by atoms with Crippen molar-refractivity contribution < 1.29 is 42.9 Å². The average molecular weight is 402 g/mol. The van der Waals surface area contributed by atoms with Crippen LogP contribution in [-0.2, 0) is 42.9 Å². The summed E-state index contributed by atoms with van der Waals surface area (Å²) in [5.41, 5.74) is 0. The summed E-state index contributed by atoms with van der Waals surface area (Å²) in [6, 6.07) is 0. The molecule has 1 heterocycles. The number of hydrogen-bond donors (Lipinski definition) is 0. The van der Waals surface area contributed by atoms with Gasteiger partial charge < -0.3 is 28.5 Å². The quantitative estimate of drug-likeness (QED) is 0.305. The fourth-order valence-corrected chi connectivity index (χ4v) is 2.94. The Morgan fingerprint density at radius 1 is 0.857 bits per heavy atom. The standard InChI is InChI=1S/C19H30O9/c1-11(20)8-6-7-9-24-19-12(2)17(26-14(4)22)18(27-15(5)23)16(28-19)10-25-13(3)21/h12,16-19H,6-10H2,1-5H3/t12?,16?,17?,18-,19+/m0/s1. The highest BCUT2D eigenvalue weighted by Gasteiger charge is 2.48. The summed E-state index contributed by atoms with van der Waals surface area (Å²) in [4.78, 5) is 45.3. The van der Waals surface area contributed by atoms with Gasteiger partial charge in [-0.05, 0) is 19.8 Å². The maximum Gasteiger partial charge on any atom is 0.303 e. The van der Waals surface area contributed by atoms with E-state index in [-0.39, 0.29) is 12.4 Å². The van der Waals surface area contributed by atoms with Crippen LogP contribution in [0.15, 0.2) is 0 Å². The Balaban J connectivity index is 2.87. The lowest BCUT2D eigenvalue weighted by Gasteiger charge is -2.43. The topological polar surface area (TPSA) is 114 Å². The fraction of sp³-hybridized carbons (Fsp3) is 0.789. The van der Waals surface area contributed by atoms with Crippen molar-refractivity contribution in [3.05, 3.63) is 0 Å². The molecule has 0 radical (unpaired) electrons. The number of ether oxygens (including phenoxy) is 5. The van der Waals surface area contributed by atoms with Crippen molar-refractivity contribution in [2.75, 3.05) is 13.2 Å². The van der Waals surface area contributed by atoms with Gasteiger partial charge in [-0.3, -0.25) is 14.4 Å². The summed E-state index contributed by atoms with van der Waals surface area (Å²) in [5.74, 6) is -1.95. The zero-order valence-electron chi connectivity index (χ0n) is 17.1. The normalized spacial score (nSPS) is 27.0. The van der Waals surface area contributed by atoms with Gasteiger partial charge in [0, 0.05) is 39.7 Å². The molecule has 0 aromatic heterocycles. The van der Waals surface area contributed by atoms with Crippen LogP contribution in [-0.4, -0.2) is 61.5 Å². The Morgan fingerprint density at radius 3 is 2.00 bits per heavy atom. The summed E-state index contributed by atoms with van der Waals surface area (Å²) in [6.45, 7) is 7.19. The van der Waals surface area contributed by atoms with Gasteiger partial charge in [0.15, 0.2) is 12.4 Å². The predicted molar refractivity (Wildman–Crippen MR) is 96.1 cm³/mol. The Morgan fingerprint density at radius 2 is 1.46 bits per heavy atom. The average Bonchev–Trinajstić information content (AvgIpc) is 2.57. The van der Waals surface area contributed by atoms with E-state index in [9.17, 15) is 19.2 Å². The first-order valence-electron chi connectivity index (χ1n) is 9.36. The Kier molecular flexibility index (Phi) is 10.1. The zero-order chi connectivity index (χ0) is 21.3. The van der Waals surface area contributed by atoms with Gasteiger partial charge in [0.05, 0.1) is 0 Å². The lowest BCUT2D eigenvalue weighted by molar-refractivity contribution is -0.288. The molecule has 0 N–H and O–H groups in total. The highest BCUT2D eigenvalue weighted by atomic mass is 16.7.